The molecule has 0 radical (unpaired) electrons. The second kappa shape index (κ2) is 7.39. The van der Waals surface area contributed by atoms with Gasteiger partial charge in [-0.25, -0.2) is 9.18 Å². The highest BCUT2D eigenvalue weighted by atomic mass is 19.1. The maximum absolute atomic E-state index is 12.9. The van der Waals surface area contributed by atoms with Gasteiger partial charge in [-0.05, 0) is 31.2 Å². The summed E-state index contributed by atoms with van der Waals surface area (Å²) in [5, 5.41) is 13.3. The Morgan fingerprint density at radius 1 is 1.28 bits per heavy atom. The maximum atomic E-state index is 12.9. The third kappa shape index (κ3) is 4.50. The fraction of sp³-hybridized carbons (Fsp3) is 0.125. The highest BCUT2D eigenvalue weighted by Crippen LogP contribution is 2.22. The number of benzene rings is 2. The number of carbonyl (C=O) groups is 2. The zero-order valence-electron chi connectivity index (χ0n) is 13.1. The van der Waals surface area contributed by atoms with E-state index in [0.717, 1.165) is 18.2 Å². The number of carbonyl (C=O) groups excluding carboxylic acids is 2. The monoisotopic (exact) mass is 347 g/mol. The zero-order valence-corrected chi connectivity index (χ0v) is 13.1. The molecule has 0 fully saturated rings. The highest BCUT2D eigenvalue weighted by Gasteiger charge is 2.15. The molecular formula is C16H14FN3O5. The van der Waals surface area contributed by atoms with Crippen molar-refractivity contribution in [1.29, 1.82) is 0 Å². The molecule has 8 nitrogen and oxygen atoms in total. The number of hydrogen-bond donors (Lipinski definition) is 2. The van der Waals surface area contributed by atoms with Gasteiger partial charge in [0.2, 0.25) is 0 Å². The summed E-state index contributed by atoms with van der Waals surface area (Å²) in [6.07, 6.45) is 0. The van der Waals surface area contributed by atoms with Crippen LogP contribution in [0.3, 0.4) is 0 Å². The number of nitro benzene ring substituents is 1. The number of hydrogen-bond acceptors (Lipinski definition) is 6. The first-order valence-electron chi connectivity index (χ1n) is 7.05. The van der Waals surface area contributed by atoms with Crippen LogP contribution in [0, 0.1) is 22.9 Å². The van der Waals surface area contributed by atoms with Gasteiger partial charge in [-0.2, -0.15) is 0 Å². The first-order chi connectivity index (χ1) is 11.8. The van der Waals surface area contributed by atoms with Gasteiger partial charge in [-0.1, -0.05) is 6.07 Å². The number of halogens is 1. The molecule has 9 heteroatoms. The predicted octanol–water partition coefficient (Wildman–Crippen LogP) is 2.42. The first-order valence-corrected chi connectivity index (χ1v) is 7.05. The molecule has 0 saturated carbocycles. The van der Waals surface area contributed by atoms with Gasteiger partial charge in [-0.3, -0.25) is 14.9 Å². The van der Waals surface area contributed by atoms with Crippen LogP contribution in [0.1, 0.15) is 15.9 Å². The van der Waals surface area contributed by atoms with Gasteiger partial charge in [0.05, 0.1) is 10.5 Å². The molecule has 0 saturated heterocycles. The van der Waals surface area contributed by atoms with Crippen LogP contribution in [-0.4, -0.2) is 23.4 Å². The third-order valence-corrected chi connectivity index (χ3v) is 3.26. The molecule has 0 unspecified atom stereocenters. The molecule has 3 N–H and O–H groups in total. The Kier molecular flexibility index (Phi) is 5.28. The average molecular weight is 347 g/mol. The van der Waals surface area contributed by atoms with E-state index in [-0.39, 0.29) is 22.6 Å². The van der Waals surface area contributed by atoms with Crippen molar-refractivity contribution >= 4 is 28.9 Å². The second-order valence-corrected chi connectivity index (χ2v) is 5.11. The van der Waals surface area contributed by atoms with Crippen molar-refractivity contribution in [3.8, 4) is 0 Å². The minimum Gasteiger partial charge on any atom is -0.452 e. The SMILES string of the molecule is Cc1ccc(NC(=O)COC(=O)c2ccc(F)cc2N)cc1[N+](=O)[O-]. The standard InChI is InChI=1S/C16H14FN3O5/c1-9-2-4-11(7-14(9)20(23)24)19-15(21)8-25-16(22)12-5-3-10(17)6-13(12)18/h2-7H,8,18H2,1H3,(H,19,21). The number of nitrogens with two attached hydrogens (primary N) is 1. The summed E-state index contributed by atoms with van der Waals surface area (Å²) in [6.45, 7) is 0.940. The van der Waals surface area contributed by atoms with Crippen molar-refractivity contribution in [2.75, 3.05) is 17.7 Å². The molecule has 0 aliphatic carbocycles. The smallest absolute Gasteiger partial charge is 0.340 e. The number of amides is 1. The second-order valence-electron chi connectivity index (χ2n) is 5.11. The number of nitrogens with zero attached hydrogens (tertiary/aromatic N) is 1. The summed E-state index contributed by atoms with van der Waals surface area (Å²) < 4.78 is 17.7. The van der Waals surface area contributed by atoms with E-state index < -0.39 is 29.2 Å². The molecule has 0 heterocycles. The highest BCUT2D eigenvalue weighted by molar-refractivity contribution is 5.98. The van der Waals surface area contributed by atoms with E-state index in [4.69, 9.17) is 10.5 Å². The van der Waals surface area contributed by atoms with Crippen LogP contribution in [0.4, 0.5) is 21.5 Å². The van der Waals surface area contributed by atoms with E-state index in [1.165, 1.54) is 18.2 Å². The van der Waals surface area contributed by atoms with E-state index >= 15 is 0 Å². The molecule has 0 bridgehead atoms. The van der Waals surface area contributed by atoms with Crippen molar-refractivity contribution in [1.82, 2.24) is 0 Å². The Balaban J connectivity index is 1.98. The average Bonchev–Trinajstić information content (AvgIpc) is 2.54. The number of nitrogen functional groups attached to an aromatic ring is 1. The Morgan fingerprint density at radius 3 is 2.64 bits per heavy atom. The molecule has 0 spiro atoms. The summed E-state index contributed by atoms with van der Waals surface area (Å²) in [6, 6.07) is 7.32. The van der Waals surface area contributed by atoms with E-state index in [2.05, 4.69) is 5.32 Å². The topological polar surface area (TPSA) is 125 Å². The molecule has 0 aromatic heterocycles. The lowest BCUT2D eigenvalue weighted by Gasteiger charge is -2.08. The summed E-state index contributed by atoms with van der Waals surface area (Å²) >= 11 is 0. The van der Waals surface area contributed by atoms with E-state index in [1.807, 2.05) is 0 Å². The zero-order chi connectivity index (χ0) is 18.6. The number of esters is 1. The number of ether oxygens (including phenoxy) is 1. The van der Waals surface area contributed by atoms with Gasteiger partial charge in [0.1, 0.15) is 5.82 Å². The van der Waals surface area contributed by atoms with Crippen molar-refractivity contribution in [2.24, 2.45) is 0 Å². The summed E-state index contributed by atoms with van der Waals surface area (Å²) in [5.41, 5.74) is 5.82. The molecule has 25 heavy (non-hydrogen) atoms. The molecule has 2 rings (SSSR count). The molecule has 130 valence electrons. The van der Waals surface area contributed by atoms with E-state index in [1.54, 1.807) is 6.92 Å². The predicted molar refractivity (Wildman–Crippen MR) is 87.6 cm³/mol. The molecular weight excluding hydrogens is 333 g/mol. The van der Waals surface area contributed by atoms with Crippen LogP contribution in [0.2, 0.25) is 0 Å². The minimum absolute atomic E-state index is 0.0693. The Labute approximate surface area is 141 Å². The lowest BCUT2D eigenvalue weighted by Crippen LogP contribution is -2.21. The van der Waals surface area contributed by atoms with Crippen molar-refractivity contribution in [2.45, 2.75) is 6.92 Å². The van der Waals surface area contributed by atoms with Crippen molar-refractivity contribution in [3.63, 3.8) is 0 Å². The Bertz CT molecular complexity index is 854. The van der Waals surface area contributed by atoms with Gasteiger partial charge < -0.3 is 15.8 Å². The van der Waals surface area contributed by atoms with Gasteiger partial charge in [0, 0.05) is 23.0 Å². The summed E-state index contributed by atoms with van der Waals surface area (Å²) in [7, 11) is 0. The minimum atomic E-state index is -0.887. The lowest BCUT2D eigenvalue weighted by atomic mass is 10.2. The van der Waals surface area contributed by atoms with Crippen molar-refractivity contribution in [3.05, 3.63) is 63.5 Å². The molecule has 1 amide bonds. The van der Waals surface area contributed by atoms with Crippen LogP contribution in [0.25, 0.3) is 0 Å². The van der Waals surface area contributed by atoms with Crippen LogP contribution in [0.5, 0.6) is 0 Å². The summed E-state index contributed by atoms with van der Waals surface area (Å²) in [4.78, 5) is 33.9. The molecule has 2 aromatic rings. The van der Waals surface area contributed by atoms with Gasteiger partial charge in [0.15, 0.2) is 6.61 Å². The third-order valence-electron chi connectivity index (χ3n) is 3.26. The first kappa shape index (κ1) is 17.9. The summed E-state index contributed by atoms with van der Waals surface area (Å²) in [5.74, 6) is -2.18. The largest absolute Gasteiger partial charge is 0.452 e. The molecule has 0 aliphatic rings. The Hall–Kier alpha value is -3.49. The fourth-order valence-electron chi connectivity index (χ4n) is 2.01. The fourth-order valence-corrected chi connectivity index (χ4v) is 2.01. The van der Waals surface area contributed by atoms with Crippen LogP contribution in [0.15, 0.2) is 36.4 Å². The number of rotatable bonds is 5. The molecule has 2 aromatic carbocycles. The number of aryl methyl sites for hydroxylation is 1. The maximum Gasteiger partial charge on any atom is 0.340 e. The van der Waals surface area contributed by atoms with E-state index in [0.29, 0.717) is 5.56 Å². The van der Waals surface area contributed by atoms with Crippen LogP contribution >= 0.6 is 0 Å². The van der Waals surface area contributed by atoms with E-state index in [9.17, 15) is 24.1 Å². The Morgan fingerprint density at radius 2 is 2.00 bits per heavy atom. The number of anilines is 2. The normalized spacial score (nSPS) is 10.2. The lowest BCUT2D eigenvalue weighted by molar-refractivity contribution is -0.385. The van der Waals surface area contributed by atoms with Crippen molar-refractivity contribution < 1.29 is 23.6 Å². The molecule has 0 aliphatic heterocycles. The number of nitrogens with one attached hydrogen (secondary N) is 1. The van der Waals surface area contributed by atoms with Gasteiger partial charge in [0.25, 0.3) is 11.6 Å². The number of nitro groups is 1. The van der Waals surface area contributed by atoms with Crippen LogP contribution in [-0.2, 0) is 9.53 Å². The van der Waals surface area contributed by atoms with Crippen LogP contribution < -0.4 is 11.1 Å². The van der Waals surface area contributed by atoms with Gasteiger partial charge in [-0.15, -0.1) is 0 Å². The quantitative estimate of drug-likeness (QED) is 0.370. The van der Waals surface area contributed by atoms with Gasteiger partial charge >= 0.3 is 5.97 Å². The molecule has 0 atom stereocenters.